The Balaban J connectivity index is 2.43. The predicted octanol–water partition coefficient (Wildman–Crippen LogP) is -5.29. The number of aliphatic hydroxyl groups is 8. The Kier molecular flexibility index (Phi) is 7.17. The quantitative estimate of drug-likeness (QED) is 0.196. The van der Waals surface area contributed by atoms with Crippen LogP contribution in [0.1, 0.15) is 13.3 Å². The van der Waals surface area contributed by atoms with Crippen molar-refractivity contribution in [1.29, 1.82) is 0 Å². The van der Waals surface area contributed by atoms with Gasteiger partial charge < -0.3 is 60.8 Å². The maximum absolute atomic E-state index is 10.5. The molecule has 12 nitrogen and oxygen atoms in total. The first kappa shape index (κ1) is 22.8. The molecule has 160 valence electrons. The van der Waals surface area contributed by atoms with Gasteiger partial charge in [0.2, 0.25) is 11.6 Å². The van der Waals surface area contributed by atoms with E-state index in [0.717, 1.165) is 0 Å². The van der Waals surface area contributed by atoms with Crippen molar-refractivity contribution in [2.45, 2.75) is 73.7 Å². The van der Waals surface area contributed by atoms with Crippen molar-refractivity contribution < 1.29 is 55.1 Å². The molecule has 0 aromatic rings. The van der Waals surface area contributed by atoms with Crippen molar-refractivity contribution in [2.24, 2.45) is 5.73 Å². The zero-order valence-electron chi connectivity index (χ0n) is 14.8. The van der Waals surface area contributed by atoms with Crippen molar-refractivity contribution in [3.63, 3.8) is 0 Å². The Labute approximate surface area is 155 Å². The highest BCUT2D eigenvalue weighted by Gasteiger charge is 2.63. The number of hydrogen-bond donors (Lipinski definition) is 9. The van der Waals surface area contributed by atoms with E-state index in [1.165, 1.54) is 6.92 Å². The minimum Gasteiger partial charge on any atom is -0.394 e. The zero-order chi connectivity index (χ0) is 20.6. The van der Waals surface area contributed by atoms with Gasteiger partial charge in [0.25, 0.3) is 0 Å². The van der Waals surface area contributed by atoms with Gasteiger partial charge in [-0.05, 0) is 6.92 Å². The Hall–Kier alpha value is -0.480. The number of rotatable bonds is 7. The molecule has 0 aromatic carbocycles. The molecule has 10 atom stereocenters. The number of nitrogens with two attached hydrogens (primary N) is 1. The van der Waals surface area contributed by atoms with Crippen LogP contribution < -0.4 is 5.73 Å². The van der Waals surface area contributed by atoms with Gasteiger partial charge in [-0.15, -0.1) is 0 Å². The molecule has 2 saturated heterocycles. The minimum absolute atomic E-state index is 0.299. The summed E-state index contributed by atoms with van der Waals surface area (Å²) in [5.74, 6) is -4.54. The molecule has 2 aliphatic heterocycles. The molecule has 0 amide bonds. The van der Waals surface area contributed by atoms with E-state index in [1.54, 1.807) is 0 Å². The molecule has 27 heavy (non-hydrogen) atoms. The van der Waals surface area contributed by atoms with Gasteiger partial charge in [-0.2, -0.15) is 0 Å². The lowest BCUT2D eigenvalue weighted by Crippen LogP contribution is -2.70. The third kappa shape index (κ3) is 3.99. The maximum Gasteiger partial charge on any atom is 0.224 e. The van der Waals surface area contributed by atoms with E-state index in [2.05, 4.69) is 0 Å². The van der Waals surface area contributed by atoms with Crippen molar-refractivity contribution in [1.82, 2.24) is 0 Å². The molecule has 12 heteroatoms. The van der Waals surface area contributed by atoms with Gasteiger partial charge in [0.1, 0.15) is 49.3 Å². The molecule has 2 aliphatic rings. The van der Waals surface area contributed by atoms with Gasteiger partial charge in [0.15, 0.2) is 0 Å². The number of ether oxygens (including phenoxy) is 3. The smallest absolute Gasteiger partial charge is 0.224 e. The highest BCUT2D eigenvalue weighted by Crippen LogP contribution is 2.42. The van der Waals surface area contributed by atoms with E-state index in [9.17, 15) is 40.9 Å². The molecule has 10 N–H and O–H groups in total. The van der Waals surface area contributed by atoms with E-state index < -0.39 is 80.2 Å². The molecule has 0 radical (unpaired) electrons. The summed E-state index contributed by atoms with van der Waals surface area (Å²) in [5.41, 5.74) is 5.78. The molecule has 0 spiro atoms. The number of aliphatic hydroxyl groups excluding tert-OH is 8. The molecular weight excluding hydrogens is 370 g/mol. The summed E-state index contributed by atoms with van der Waals surface area (Å²) in [4.78, 5) is 0. The van der Waals surface area contributed by atoms with E-state index >= 15 is 0 Å². The van der Waals surface area contributed by atoms with Gasteiger partial charge >= 0.3 is 0 Å². The fraction of sp³-hybridized carbons (Fsp3) is 1.00. The monoisotopic (exact) mass is 399 g/mol. The third-order valence-corrected chi connectivity index (χ3v) is 4.89. The summed E-state index contributed by atoms with van der Waals surface area (Å²) in [5, 5.41) is 79.4. The van der Waals surface area contributed by atoms with Crippen LogP contribution in [0.25, 0.3) is 0 Å². The molecule has 2 fully saturated rings. The Morgan fingerprint density at radius 2 is 1.33 bits per heavy atom. The van der Waals surface area contributed by atoms with Crippen LogP contribution in [-0.4, -0.2) is 121 Å². The summed E-state index contributed by atoms with van der Waals surface area (Å²) in [6.45, 7) is -0.934. The second-order valence-electron chi connectivity index (χ2n) is 7.10. The topological polar surface area (TPSA) is 216 Å². The van der Waals surface area contributed by atoms with Crippen molar-refractivity contribution in [3.05, 3.63) is 0 Å². The SMILES string of the molecule is CC(N)C[C@@]1(OC2(CO)O[C@H](CO)[C@@H](O)[C@@H]2O)O[C@H](CO)[C@@H](O)[C@H](O)[C@H]1O. The Morgan fingerprint density at radius 3 is 1.78 bits per heavy atom. The largest absolute Gasteiger partial charge is 0.394 e. The summed E-state index contributed by atoms with van der Waals surface area (Å²) in [6, 6.07) is -0.700. The van der Waals surface area contributed by atoms with E-state index in [0.29, 0.717) is 0 Å². The predicted molar refractivity (Wildman–Crippen MR) is 85.9 cm³/mol. The van der Waals surface area contributed by atoms with Crippen LogP contribution in [0, 0.1) is 0 Å². The average Bonchev–Trinajstić information content (AvgIpc) is 2.87. The van der Waals surface area contributed by atoms with Crippen LogP contribution in [0.3, 0.4) is 0 Å². The summed E-state index contributed by atoms with van der Waals surface area (Å²) in [7, 11) is 0. The summed E-state index contributed by atoms with van der Waals surface area (Å²) >= 11 is 0. The number of hydrogen-bond acceptors (Lipinski definition) is 12. The standard InChI is InChI=1S/C15H29NO11/c1-6(16)2-14(13(24)11(22)9(20)7(3-17)25-14)27-15(5-19)12(23)10(21)8(4-18)26-15/h6-13,17-24H,2-5,16H2,1H3/t6?,7-,8-,9-,10-,11+,12+,13-,14+,15?/m1/s1. The van der Waals surface area contributed by atoms with E-state index in [4.69, 9.17) is 19.9 Å². The molecule has 0 saturated carbocycles. The second kappa shape index (κ2) is 8.49. The van der Waals surface area contributed by atoms with Crippen molar-refractivity contribution in [2.75, 3.05) is 19.8 Å². The lowest BCUT2D eigenvalue weighted by molar-refractivity contribution is -0.436. The van der Waals surface area contributed by atoms with E-state index in [-0.39, 0.29) is 6.42 Å². The first-order valence-corrected chi connectivity index (χ1v) is 8.61. The van der Waals surface area contributed by atoms with Crippen LogP contribution in [0.15, 0.2) is 0 Å². The first-order valence-electron chi connectivity index (χ1n) is 8.61. The highest BCUT2D eigenvalue weighted by atomic mass is 16.8. The zero-order valence-corrected chi connectivity index (χ0v) is 14.8. The van der Waals surface area contributed by atoms with Gasteiger partial charge in [-0.25, -0.2) is 0 Å². The third-order valence-electron chi connectivity index (χ3n) is 4.89. The highest BCUT2D eigenvalue weighted by molar-refractivity contribution is 5.03. The first-order chi connectivity index (χ1) is 12.6. The van der Waals surface area contributed by atoms with Gasteiger partial charge in [-0.3, -0.25) is 0 Å². The molecule has 2 heterocycles. The second-order valence-corrected chi connectivity index (χ2v) is 7.10. The minimum atomic E-state index is -2.33. The fourth-order valence-electron chi connectivity index (χ4n) is 3.50. The summed E-state index contributed by atoms with van der Waals surface area (Å²) in [6.07, 6.45) is -11.8. The van der Waals surface area contributed by atoms with Crippen LogP contribution in [0.5, 0.6) is 0 Å². The molecule has 0 aliphatic carbocycles. The molecule has 2 rings (SSSR count). The van der Waals surface area contributed by atoms with Crippen molar-refractivity contribution in [3.8, 4) is 0 Å². The van der Waals surface area contributed by atoms with Crippen LogP contribution in [0.2, 0.25) is 0 Å². The van der Waals surface area contributed by atoms with Crippen LogP contribution in [-0.2, 0) is 14.2 Å². The lowest BCUT2D eigenvalue weighted by atomic mass is 9.88. The average molecular weight is 399 g/mol. The van der Waals surface area contributed by atoms with E-state index in [1.807, 2.05) is 0 Å². The molecule has 0 aromatic heterocycles. The Morgan fingerprint density at radius 1 is 0.852 bits per heavy atom. The lowest BCUT2D eigenvalue weighted by Gasteiger charge is -2.51. The van der Waals surface area contributed by atoms with Crippen molar-refractivity contribution >= 4 is 0 Å². The van der Waals surface area contributed by atoms with Gasteiger partial charge in [0.05, 0.1) is 13.2 Å². The summed E-state index contributed by atoms with van der Waals surface area (Å²) < 4.78 is 16.4. The molecular formula is C15H29NO11. The normalized spacial score (nSPS) is 49.3. The van der Waals surface area contributed by atoms with Crippen LogP contribution >= 0.6 is 0 Å². The van der Waals surface area contributed by atoms with Gasteiger partial charge in [-0.1, -0.05) is 0 Å². The molecule has 2 unspecified atom stereocenters. The Bertz CT molecular complexity index is 494. The van der Waals surface area contributed by atoms with Gasteiger partial charge in [0, 0.05) is 12.5 Å². The fourth-order valence-corrected chi connectivity index (χ4v) is 3.50. The molecule has 0 bridgehead atoms. The van der Waals surface area contributed by atoms with Crippen LogP contribution in [0.4, 0.5) is 0 Å². The maximum atomic E-state index is 10.5.